The van der Waals surface area contributed by atoms with E-state index >= 15 is 0 Å². The van der Waals surface area contributed by atoms with Crippen molar-refractivity contribution in [2.45, 2.75) is 44.2 Å². The molecule has 0 spiro atoms. The van der Waals surface area contributed by atoms with Gasteiger partial charge in [-0.25, -0.2) is 0 Å². The van der Waals surface area contributed by atoms with E-state index in [0.29, 0.717) is 0 Å². The summed E-state index contributed by atoms with van der Waals surface area (Å²) >= 11 is 0. The summed E-state index contributed by atoms with van der Waals surface area (Å²) in [4.78, 5) is 1.87. The molecule has 2 saturated carbocycles. The van der Waals surface area contributed by atoms with E-state index in [9.17, 15) is 0 Å². The second-order valence-electron chi connectivity index (χ2n) is 5.05. The molecule has 0 amide bonds. The molecule has 0 aromatic heterocycles. The second kappa shape index (κ2) is 2.01. The van der Waals surface area contributed by atoms with E-state index in [-0.39, 0.29) is 0 Å². The first-order valence-corrected chi connectivity index (χ1v) is 5.16. The molecule has 0 radical (unpaired) electrons. The van der Waals surface area contributed by atoms with Gasteiger partial charge in [0.1, 0.15) is 0 Å². The van der Waals surface area contributed by atoms with Crippen molar-refractivity contribution in [2.75, 3.05) is 7.05 Å². The van der Waals surface area contributed by atoms with E-state index in [1.165, 1.54) is 0 Å². The number of nitrogens with one attached hydrogen (secondary N) is 1. The van der Waals surface area contributed by atoms with Gasteiger partial charge in [-0.05, 0) is 18.3 Å². The van der Waals surface area contributed by atoms with Gasteiger partial charge in [0.2, 0.25) is 0 Å². The van der Waals surface area contributed by atoms with Crippen molar-refractivity contribution >= 4 is 0 Å². The molecule has 0 aromatic rings. The molecule has 2 saturated heterocycles. The highest BCUT2D eigenvalue weighted by Crippen LogP contribution is 2.41. The molecule has 0 unspecified atom stereocenters. The van der Waals surface area contributed by atoms with Crippen molar-refractivity contribution < 1.29 is 4.90 Å². The van der Waals surface area contributed by atoms with Gasteiger partial charge in [0.25, 0.3) is 0 Å². The first-order valence-electron chi connectivity index (χ1n) is 5.16. The third kappa shape index (κ3) is 0.807. The molecule has 62 valence electrons. The minimum atomic E-state index is 1.06. The van der Waals surface area contributed by atoms with E-state index in [2.05, 4.69) is 7.05 Å². The monoisotopic (exact) mass is 152 g/mol. The average Bonchev–Trinajstić information content (AvgIpc) is 1.98. The Bertz CT molecular complexity index is 148. The van der Waals surface area contributed by atoms with E-state index in [4.69, 9.17) is 0 Å². The van der Waals surface area contributed by atoms with Crippen LogP contribution in [0.25, 0.3) is 0 Å². The van der Waals surface area contributed by atoms with Gasteiger partial charge in [-0.15, -0.1) is 0 Å². The van der Waals surface area contributed by atoms with Gasteiger partial charge in [0, 0.05) is 25.7 Å². The van der Waals surface area contributed by atoms with Crippen LogP contribution in [0, 0.1) is 11.8 Å². The number of hydrogen-bond acceptors (Lipinski definition) is 0. The van der Waals surface area contributed by atoms with Gasteiger partial charge in [-0.2, -0.15) is 0 Å². The van der Waals surface area contributed by atoms with Crippen LogP contribution in [0.4, 0.5) is 0 Å². The van der Waals surface area contributed by atoms with Crippen molar-refractivity contribution in [3.05, 3.63) is 0 Å². The third-order valence-corrected chi connectivity index (χ3v) is 4.43. The summed E-state index contributed by atoms with van der Waals surface area (Å²) in [5, 5.41) is 0. The predicted molar refractivity (Wildman–Crippen MR) is 44.5 cm³/mol. The Morgan fingerprint density at radius 1 is 0.818 bits per heavy atom. The fourth-order valence-corrected chi connectivity index (χ4v) is 3.93. The summed E-state index contributed by atoms with van der Waals surface area (Å²) in [6.07, 6.45) is 7.80. The van der Waals surface area contributed by atoms with Crippen LogP contribution in [0.1, 0.15) is 32.1 Å². The second-order valence-corrected chi connectivity index (χ2v) is 5.05. The van der Waals surface area contributed by atoms with Crippen LogP contribution in [0.15, 0.2) is 0 Å². The van der Waals surface area contributed by atoms with E-state index < -0.39 is 0 Å². The predicted octanol–water partition coefficient (Wildman–Crippen LogP) is 0.462. The quantitative estimate of drug-likeness (QED) is 0.514. The number of hydrogen-bond donors (Lipinski definition) is 1. The van der Waals surface area contributed by atoms with Crippen LogP contribution >= 0.6 is 0 Å². The molecule has 1 nitrogen and oxygen atoms in total. The molecule has 1 N–H and O–H groups in total. The average molecular weight is 152 g/mol. The van der Waals surface area contributed by atoms with Crippen molar-refractivity contribution in [1.82, 2.24) is 0 Å². The highest BCUT2D eigenvalue weighted by atomic mass is 15.2. The van der Waals surface area contributed by atoms with Crippen LogP contribution in [0.5, 0.6) is 0 Å². The van der Waals surface area contributed by atoms with Crippen LogP contribution < -0.4 is 4.90 Å². The Balaban J connectivity index is 1.91. The topological polar surface area (TPSA) is 4.44 Å². The van der Waals surface area contributed by atoms with Crippen molar-refractivity contribution in [3.8, 4) is 0 Å². The summed E-state index contributed by atoms with van der Waals surface area (Å²) < 4.78 is 0. The van der Waals surface area contributed by atoms with E-state index in [1.54, 1.807) is 32.1 Å². The normalized spacial score (nSPS) is 60.3. The highest BCUT2D eigenvalue weighted by Gasteiger charge is 2.48. The Hall–Kier alpha value is -0.0400. The molecule has 0 atom stereocenters. The minimum Gasteiger partial charge on any atom is -0.332 e. The van der Waals surface area contributed by atoms with Crippen LogP contribution in [-0.2, 0) is 0 Å². The molecule has 2 aliphatic carbocycles. The minimum absolute atomic E-state index is 1.06. The summed E-state index contributed by atoms with van der Waals surface area (Å²) in [5.74, 6) is 2.28. The molecule has 1 heteroatoms. The summed E-state index contributed by atoms with van der Waals surface area (Å²) in [5.41, 5.74) is 0. The molecule has 2 heterocycles. The van der Waals surface area contributed by atoms with Gasteiger partial charge >= 0.3 is 0 Å². The third-order valence-electron chi connectivity index (χ3n) is 4.43. The fraction of sp³-hybridized carbons (Fsp3) is 1.00. The molecular formula is C10H18N+. The Morgan fingerprint density at radius 3 is 1.73 bits per heavy atom. The number of rotatable bonds is 0. The van der Waals surface area contributed by atoms with E-state index in [1.807, 2.05) is 4.90 Å². The van der Waals surface area contributed by atoms with Crippen LogP contribution in [0.2, 0.25) is 0 Å². The van der Waals surface area contributed by atoms with Crippen LogP contribution in [0.3, 0.4) is 0 Å². The van der Waals surface area contributed by atoms with Gasteiger partial charge in [-0.1, -0.05) is 0 Å². The Morgan fingerprint density at radius 2 is 1.27 bits per heavy atom. The molecule has 0 aromatic carbocycles. The summed E-state index contributed by atoms with van der Waals surface area (Å²) in [6, 6.07) is 2.12. The maximum atomic E-state index is 2.42. The molecule has 4 rings (SSSR count). The van der Waals surface area contributed by atoms with Crippen molar-refractivity contribution in [2.24, 2.45) is 11.8 Å². The SMILES string of the molecule is C[NH+]1C2CC3CC(C2)CC1C3. The first kappa shape index (κ1) is 6.47. The zero-order valence-corrected chi connectivity index (χ0v) is 7.34. The lowest BCUT2D eigenvalue weighted by Gasteiger charge is -2.52. The first-order chi connectivity index (χ1) is 5.33. The van der Waals surface area contributed by atoms with Crippen LogP contribution in [-0.4, -0.2) is 19.1 Å². The van der Waals surface area contributed by atoms with Crippen molar-refractivity contribution in [3.63, 3.8) is 0 Å². The molecule has 4 fully saturated rings. The molecule has 4 bridgehead atoms. The lowest BCUT2D eigenvalue weighted by Crippen LogP contribution is -3.19. The van der Waals surface area contributed by atoms with Gasteiger partial charge in [-0.3, -0.25) is 0 Å². The van der Waals surface area contributed by atoms with Gasteiger partial charge in [0.05, 0.1) is 19.1 Å². The maximum Gasteiger partial charge on any atom is 0.0880 e. The maximum absolute atomic E-state index is 2.42. The lowest BCUT2D eigenvalue weighted by atomic mass is 9.64. The molecule has 4 aliphatic rings. The summed E-state index contributed by atoms with van der Waals surface area (Å²) in [7, 11) is 2.42. The fourth-order valence-electron chi connectivity index (χ4n) is 3.93. The summed E-state index contributed by atoms with van der Waals surface area (Å²) in [6.45, 7) is 0. The zero-order chi connectivity index (χ0) is 7.42. The number of piperidine rings is 2. The van der Waals surface area contributed by atoms with Gasteiger partial charge < -0.3 is 4.90 Å². The largest absolute Gasteiger partial charge is 0.332 e. The highest BCUT2D eigenvalue weighted by molar-refractivity contribution is 4.90. The molecule has 11 heavy (non-hydrogen) atoms. The smallest absolute Gasteiger partial charge is 0.0880 e. The standard InChI is InChI=1S/C10H17N/c1-11-9-3-7-2-8(5-9)6-10(11)4-7/h7-10H,2-6H2,1H3/p+1. The van der Waals surface area contributed by atoms with E-state index in [0.717, 1.165) is 23.9 Å². The molecular weight excluding hydrogens is 134 g/mol. The van der Waals surface area contributed by atoms with Gasteiger partial charge in [0.15, 0.2) is 0 Å². The zero-order valence-electron chi connectivity index (χ0n) is 7.34. The van der Waals surface area contributed by atoms with Crippen molar-refractivity contribution in [1.29, 1.82) is 0 Å². The number of quaternary nitrogens is 1. The Labute approximate surface area is 68.8 Å². The molecule has 2 aliphatic heterocycles. The Kier molecular flexibility index (Phi) is 1.18. The lowest BCUT2D eigenvalue weighted by molar-refractivity contribution is -0.948.